The number of ether oxygens (including phenoxy) is 2. The first-order chi connectivity index (χ1) is 14.4. The lowest BCUT2D eigenvalue weighted by molar-refractivity contribution is 0.201. The van der Waals surface area contributed by atoms with Crippen LogP contribution in [0.1, 0.15) is 32.8 Å². The van der Waals surface area contributed by atoms with Crippen LogP contribution in [0.4, 0.5) is 0 Å². The fraction of sp³-hybridized carbons (Fsp3) is 0.286. The average molecular weight is 539 g/mol. The van der Waals surface area contributed by atoms with Gasteiger partial charge in [0.15, 0.2) is 11.5 Å². The van der Waals surface area contributed by atoms with Crippen molar-refractivity contribution < 1.29 is 9.47 Å². The van der Waals surface area contributed by atoms with E-state index in [9.17, 15) is 9.59 Å². The maximum Gasteiger partial charge on any atom is 0.349 e. The van der Waals surface area contributed by atoms with Crippen molar-refractivity contribution in [1.29, 1.82) is 0 Å². The third-order valence-electron chi connectivity index (χ3n) is 4.45. The lowest BCUT2D eigenvalue weighted by atomic mass is 10.2. The first-order valence-electron chi connectivity index (χ1n) is 9.47. The number of benzene rings is 2. The van der Waals surface area contributed by atoms with E-state index in [-0.39, 0.29) is 6.10 Å². The monoisotopic (exact) mass is 537 g/mol. The predicted molar refractivity (Wildman–Crippen MR) is 125 cm³/mol. The summed E-state index contributed by atoms with van der Waals surface area (Å²) in [7, 11) is 0. The normalized spacial score (nSPS) is 12.4. The van der Waals surface area contributed by atoms with Gasteiger partial charge in [-0.3, -0.25) is 4.79 Å². The van der Waals surface area contributed by atoms with E-state index in [1.165, 1.54) is 6.21 Å². The zero-order valence-corrected chi connectivity index (χ0v) is 19.9. The number of fused-ring (bicyclic) bond motifs is 1. The second-order valence-electron chi connectivity index (χ2n) is 6.53. The third kappa shape index (κ3) is 4.52. The lowest BCUT2D eigenvalue weighted by Crippen LogP contribution is -2.32. The highest BCUT2D eigenvalue weighted by Gasteiger charge is 2.18. The average Bonchev–Trinajstić information content (AvgIpc) is 2.73. The summed E-state index contributed by atoms with van der Waals surface area (Å²) < 4.78 is 13.9. The summed E-state index contributed by atoms with van der Waals surface area (Å²) in [6.45, 7) is 6.34. The molecule has 0 spiro atoms. The van der Waals surface area contributed by atoms with Crippen LogP contribution in [-0.2, 0) is 0 Å². The lowest BCUT2D eigenvalue weighted by Gasteiger charge is -2.19. The van der Waals surface area contributed by atoms with Crippen LogP contribution in [0.2, 0.25) is 0 Å². The summed E-state index contributed by atoms with van der Waals surface area (Å²) >= 11 is 7.08. The molecule has 30 heavy (non-hydrogen) atoms. The molecule has 0 aliphatic rings. The van der Waals surface area contributed by atoms with Gasteiger partial charge < -0.3 is 14.5 Å². The molecule has 1 atom stereocenters. The summed E-state index contributed by atoms with van der Waals surface area (Å²) in [5.41, 5.74) is -0.0382. The number of nitrogens with zero attached hydrogens (tertiary/aromatic N) is 2. The minimum atomic E-state index is -0.619. The number of hydrogen-bond acceptors (Lipinski definition) is 5. The van der Waals surface area contributed by atoms with E-state index < -0.39 is 11.2 Å². The number of aromatic amines is 1. The van der Waals surface area contributed by atoms with Crippen molar-refractivity contribution in [1.82, 2.24) is 9.66 Å². The van der Waals surface area contributed by atoms with Crippen LogP contribution in [0.15, 0.2) is 54.0 Å². The zero-order chi connectivity index (χ0) is 21.8. The molecule has 0 aliphatic carbocycles. The van der Waals surface area contributed by atoms with E-state index in [2.05, 4.69) is 41.9 Å². The Morgan fingerprint density at radius 3 is 2.63 bits per heavy atom. The SMILES string of the molecule is CCOc1cc(C=Nn2c(=O)[nH]c3ccccc3c2=O)c(Br)c(Br)c1O[C@@H](C)CC. The van der Waals surface area contributed by atoms with Crippen LogP contribution in [0.5, 0.6) is 11.5 Å². The molecule has 3 rings (SSSR count). The molecule has 0 unspecified atom stereocenters. The van der Waals surface area contributed by atoms with E-state index in [1.54, 1.807) is 30.3 Å². The Bertz CT molecular complexity index is 1220. The van der Waals surface area contributed by atoms with Crippen LogP contribution in [0.25, 0.3) is 10.9 Å². The van der Waals surface area contributed by atoms with Gasteiger partial charge in [0.1, 0.15) is 0 Å². The third-order valence-corrected chi connectivity index (χ3v) is 6.59. The highest BCUT2D eigenvalue weighted by molar-refractivity contribution is 9.13. The molecule has 1 N–H and O–H groups in total. The van der Waals surface area contributed by atoms with Gasteiger partial charge in [0, 0.05) is 10.0 Å². The fourth-order valence-electron chi connectivity index (χ4n) is 2.73. The molecule has 0 saturated carbocycles. The summed E-state index contributed by atoms with van der Waals surface area (Å²) in [6.07, 6.45) is 2.27. The highest BCUT2D eigenvalue weighted by atomic mass is 79.9. The molecule has 158 valence electrons. The number of H-pyrrole nitrogens is 1. The Morgan fingerprint density at radius 2 is 1.93 bits per heavy atom. The van der Waals surface area contributed by atoms with Gasteiger partial charge in [-0.25, -0.2) is 4.79 Å². The molecule has 0 fully saturated rings. The Kier molecular flexibility index (Phi) is 7.14. The maximum absolute atomic E-state index is 12.7. The molecule has 1 heterocycles. The molecular formula is C21H21Br2N3O4. The van der Waals surface area contributed by atoms with Crippen molar-refractivity contribution in [2.75, 3.05) is 6.61 Å². The molecule has 9 heteroatoms. The minimum Gasteiger partial charge on any atom is -0.490 e. The van der Waals surface area contributed by atoms with Crippen LogP contribution in [0, 0.1) is 0 Å². The first kappa shape index (κ1) is 22.3. The second-order valence-corrected chi connectivity index (χ2v) is 8.11. The van der Waals surface area contributed by atoms with Gasteiger partial charge >= 0.3 is 5.69 Å². The van der Waals surface area contributed by atoms with Crippen LogP contribution in [0.3, 0.4) is 0 Å². The van der Waals surface area contributed by atoms with Gasteiger partial charge in [-0.2, -0.15) is 5.10 Å². The van der Waals surface area contributed by atoms with Crippen LogP contribution < -0.4 is 20.7 Å². The van der Waals surface area contributed by atoms with E-state index in [4.69, 9.17) is 9.47 Å². The summed E-state index contributed by atoms with van der Waals surface area (Å²) in [5.74, 6) is 1.12. The second kappa shape index (κ2) is 9.61. The van der Waals surface area contributed by atoms with Crippen molar-refractivity contribution in [3.8, 4) is 11.5 Å². The summed E-state index contributed by atoms with van der Waals surface area (Å²) in [6, 6.07) is 8.54. The predicted octanol–water partition coefficient (Wildman–Crippen LogP) is 4.67. The number of halogens is 2. The van der Waals surface area contributed by atoms with Gasteiger partial charge in [-0.05, 0) is 70.3 Å². The molecule has 3 aromatic rings. The molecule has 0 bridgehead atoms. The molecule has 7 nitrogen and oxygen atoms in total. The first-order valence-corrected chi connectivity index (χ1v) is 11.1. The number of nitrogens with one attached hydrogen (secondary N) is 1. The smallest absolute Gasteiger partial charge is 0.349 e. The van der Waals surface area contributed by atoms with Crippen molar-refractivity contribution in [3.63, 3.8) is 0 Å². The van der Waals surface area contributed by atoms with Gasteiger partial charge in [0.2, 0.25) is 0 Å². The van der Waals surface area contributed by atoms with Crippen LogP contribution in [-0.4, -0.2) is 28.6 Å². The molecule has 0 radical (unpaired) electrons. The fourth-order valence-corrected chi connectivity index (χ4v) is 3.65. The summed E-state index contributed by atoms with van der Waals surface area (Å²) in [4.78, 5) is 27.7. The molecular weight excluding hydrogens is 518 g/mol. The minimum absolute atomic E-state index is 0.00154. The van der Waals surface area contributed by atoms with E-state index >= 15 is 0 Å². The van der Waals surface area contributed by atoms with E-state index in [1.807, 2.05) is 20.8 Å². The van der Waals surface area contributed by atoms with Crippen LogP contribution >= 0.6 is 31.9 Å². The van der Waals surface area contributed by atoms with Gasteiger partial charge in [-0.1, -0.05) is 19.1 Å². The maximum atomic E-state index is 12.7. The molecule has 0 aliphatic heterocycles. The zero-order valence-electron chi connectivity index (χ0n) is 16.7. The highest BCUT2D eigenvalue weighted by Crippen LogP contribution is 2.43. The topological polar surface area (TPSA) is 85.7 Å². The Labute approximate surface area is 190 Å². The van der Waals surface area contributed by atoms with Crippen molar-refractivity contribution >= 4 is 49.0 Å². The Hall–Kier alpha value is -2.39. The summed E-state index contributed by atoms with van der Waals surface area (Å²) in [5, 5.41) is 4.50. The quantitative estimate of drug-likeness (QED) is 0.443. The van der Waals surface area contributed by atoms with Crippen molar-refractivity contribution in [2.24, 2.45) is 5.10 Å². The number of para-hydroxylation sites is 1. The molecule has 1 aromatic heterocycles. The van der Waals surface area contributed by atoms with E-state index in [0.717, 1.165) is 11.1 Å². The van der Waals surface area contributed by atoms with Gasteiger partial charge in [0.25, 0.3) is 5.56 Å². The van der Waals surface area contributed by atoms with Gasteiger partial charge in [-0.15, -0.1) is 4.68 Å². The van der Waals surface area contributed by atoms with Gasteiger partial charge in [0.05, 0.1) is 34.3 Å². The van der Waals surface area contributed by atoms with Crippen molar-refractivity contribution in [3.05, 3.63) is 65.7 Å². The molecule has 0 saturated heterocycles. The van der Waals surface area contributed by atoms with E-state index in [0.29, 0.717) is 43.5 Å². The van der Waals surface area contributed by atoms with Crippen molar-refractivity contribution in [2.45, 2.75) is 33.3 Å². The number of rotatable bonds is 7. The standard InChI is InChI=1S/C21H21Br2N3O4/c1-4-12(3)30-19-16(29-5-2)10-13(17(22)18(19)23)11-24-26-20(27)14-8-6-7-9-15(14)25-21(26)28/h6-12H,4-5H2,1-3H3,(H,25,28)/t12-/m0/s1. The largest absolute Gasteiger partial charge is 0.490 e. The Morgan fingerprint density at radius 1 is 1.20 bits per heavy atom. The number of aromatic nitrogens is 2. The number of hydrogen-bond donors (Lipinski definition) is 1. The molecule has 0 amide bonds. The Balaban J connectivity index is 2.09. The molecule has 2 aromatic carbocycles.